The van der Waals surface area contributed by atoms with E-state index in [1.165, 1.54) is 19.3 Å². The van der Waals surface area contributed by atoms with Gasteiger partial charge in [0, 0.05) is 12.1 Å². The van der Waals surface area contributed by atoms with Gasteiger partial charge in [0.2, 0.25) is 0 Å². The average Bonchev–Trinajstić information content (AvgIpc) is 2.45. The first-order chi connectivity index (χ1) is 9.33. The van der Waals surface area contributed by atoms with E-state index in [1.54, 1.807) is 13.2 Å². The molecule has 0 aromatic heterocycles. The second kappa shape index (κ2) is 9.45. The van der Waals surface area contributed by atoms with Crippen molar-refractivity contribution in [3.05, 3.63) is 36.4 Å². The summed E-state index contributed by atoms with van der Waals surface area (Å²) in [6, 6.07) is 5.97. The van der Waals surface area contributed by atoms with Crippen LogP contribution in [-0.2, 0) is 6.54 Å². The Bertz CT molecular complexity index is 377. The molecule has 0 amide bonds. The van der Waals surface area contributed by atoms with E-state index in [1.807, 2.05) is 12.1 Å². The second-order valence-corrected chi connectivity index (χ2v) is 4.43. The summed E-state index contributed by atoms with van der Waals surface area (Å²) >= 11 is 0. The summed E-state index contributed by atoms with van der Waals surface area (Å²) in [5.41, 5.74) is 1.12. The molecule has 0 aliphatic carbocycles. The Kier molecular flexibility index (Phi) is 7.75. The van der Waals surface area contributed by atoms with Crippen LogP contribution in [0.15, 0.2) is 30.9 Å². The molecule has 19 heavy (non-hydrogen) atoms. The summed E-state index contributed by atoms with van der Waals surface area (Å²) in [6.07, 6.45) is 5.47. The Morgan fingerprint density at radius 2 is 2.16 bits per heavy atom. The summed E-state index contributed by atoms with van der Waals surface area (Å²) in [7, 11) is 1.66. The Morgan fingerprint density at radius 1 is 1.32 bits per heavy atom. The van der Waals surface area contributed by atoms with Gasteiger partial charge in [0.15, 0.2) is 11.5 Å². The zero-order valence-electron chi connectivity index (χ0n) is 12.1. The molecule has 0 saturated carbocycles. The van der Waals surface area contributed by atoms with Crippen molar-refractivity contribution in [3.8, 4) is 11.5 Å². The minimum atomic E-state index is 0.489. The van der Waals surface area contributed by atoms with E-state index in [4.69, 9.17) is 9.47 Å². The fraction of sp³-hybridized carbons (Fsp3) is 0.500. The molecule has 1 rings (SSSR count). The number of methoxy groups -OCH3 is 1. The molecule has 0 aliphatic heterocycles. The highest BCUT2D eigenvalue weighted by atomic mass is 16.5. The fourth-order valence-electron chi connectivity index (χ4n) is 1.89. The summed E-state index contributed by atoms with van der Waals surface area (Å²) in [6.45, 7) is 8.21. The standard InChI is InChI=1S/C16H25NO2/c1-4-6-7-11-17-13-14-9-8-10-15(18-3)16(14)19-12-5-2/h5,8-10,17H,2,4,6-7,11-13H2,1,3H3. The number of hydrogen-bond acceptors (Lipinski definition) is 3. The van der Waals surface area contributed by atoms with Gasteiger partial charge in [-0.25, -0.2) is 0 Å². The van der Waals surface area contributed by atoms with Gasteiger partial charge in [-0.1, -0.05) is 44.6 Å². The molecule has 0 saturated heterocycles. The van der Waals surface area contributed by atoms with Crippen LogP contribution in [0.3, 0.4) is 0 Å². The highest BCUT2D eigenvalue weighted by Crippen LogP contribution is 2.31. The van der Waals surface area contributed by atoms with Crippen LogP contribution in [0.4, 0.5) is 0 Å². The van der Waals surface area contributed by atoms with Crippen molar-refractivity contribution in [1.29, 1.82) is 0 Å². The van der Waals surface area contributed by atoms with Gasteiger partial charge < -0.3 is 14.8 Å². The average molecular weight is 263 g/mol. The van der Waals surface area contributed by atoms with E-state index < -0.39 is 0 Å². The van der Waals surface area contributed by atoms with Crippen molar-refractivity contribution in [1.82, 2.24) is 5.32 Å². The number of hydrogen-bond donors (Lipinski definition) is 1. The zero-order chi connectivity index (χ0) is 13.9. The minimum absolute atomic E-state index is 0.489. The predicted molar refractivity (Wildman–Crippen MR) is 79.9 cm³/mol. The number of rotatable bonds is 10. The van der Waals surface area contributed by atoms with Gasteiger partial charge in [-0.05, 0) is 19.0 Å². The third kappa shape index (κ3) is 5.35. The molecule has 1 N–H and O–H groups in total. The van der Waals surface area contributed by atoms with Crippen LogP contribution < -0.4 is 14.8 Å². The third-order valence-corrected chi connectivity index (χ3v) is 2.90. The van der Waals surface area contributed by atoms with Crippen molar-refractivity contribution in [2.24, 2.45) is 0 Å². The predicted octanol–water partition coefficient (Wildman–Crippen LogP) is 3.54. The molecule has 0 fully saturated rings. The van der Waals surface area contributed by atoms with Crippen molar-refractivity contribution < 1.29 is 9.47 Å². The second-order valence-electron chi connectivity index (χ2n) is 4.43. The number of benzene rings is 1. The Balaban J connectivity index is 2.61. The minimum Gasteiger partial charge on any atom is -0.493 e. The number of unbranched alkanes of at least 4 members (excludes halogenated alkanes) is 2. The molecule has 0 atom stereocenters. The summed E-state index contributed by atoms with van der Waals surface area (Å²) < 4.78 is 11.0. The maximum absolute atomic E-state index is 5.70. The van der Waals surface area contributed by atoms with E-state index in [0.717, 1.165) is 30.2 Å². The molecule has 0 bridgehead atoms. The molecule has 1 aromatic carbocycles. The van der Waals surface area contributed by atoms with Crippen LogP contribution in [0.25, 0.3) is 0 Å². The SMILES string of the molecule is C=CCOc1c(CNCCCCC)cccc1OC. The molecule has 106 valence electrons. The lowest BCUT2D eigenvalue weighted by molar-refractivity contribution is 0.322. The zero-order valence-corrected chi connectivity index (χ0v) is 12.1. The highest BCUT2D eigenvalue weighted by Gasteiger charge is 2.09. The normalized spacial score (nSPS) is 10.2. The van der Waals surface area contributed by atoms with Crippen LogP contribution in [0.5, 0.6) is 11.5 Å². The van der Waals surface area contributed by atoms with Gasteiger partial charge in [-0.3, -0.25) is 0 Å². The van der Waals surface area contributed by atoms with Crippen LogP contribution in [0, 0.1) is 0 Å². The molecule has 0 heterocycles. The monoisotopic (exact) mass is 263 g/mol. The first-order valence-corrected chi connectivity index (χ1v) is 6.93. The summed E-state index contributed by atoms with van der Waals surface area (Å²) in [4.78, 5) is 0. The molecule has 0 spiro atoms. The maximum atomic E-state index is 5.70. The topological polar surface area (TPSA) is 30.5 Å². The van der Waals surface area contributed by atoms with Gasteiger partial charge in [-0.2, -0.15) is 0 Å². The lowest BCUT2D eigenvalue weighted by Crippen LogP contribution is -2.15. The largest absolute Gasteiger partial charge is 0.493 e. The Morgan fingerprint density at radius 3 is 2.84 bits per heavy atom. The molecule has 0 radical (unpaired) electrons. The third-order valence-electron chi connectivity index (χ3n) is 2.90. The first-order valence-electron chi connectivity index (χ1n) is 6.93. The van der Waals surface area contributed by atoms with Crippen LogP contribution >= 0.6 is 0 Å². The molecule has 3 nitrogen and oxygen atoms in total. The van der Waals surface area contributed by atoms with Crippen LogP contribution in [-0.4, -0.2) is 20.3 Å². The smallest absolute Gasteiger partial charge is 0.166 e. The van der Waals surface area contributed by atoms with E-state index in [9.17, 15) is 0 Å². The molecular formula is C16H25NO2. The molecule has 1 aromatic rings. The van der Waals surface area contributed by atoms with E-state index >= 15 is 0 Å². The quantitative estimate of drug-likeness (QED) is 0.517. The first kappa shape index (κ1) is 15.6. The van der Waals surface area contributed by atoms with Crippen LogP contribution in [0.2, 0.25) is 0 Å². The van der Waals surface area contributed by atoms with Gasteiger partial charge in [-0.15, -0.1) is 0 Å². The number of nitrogens with one attached hydrogen (secondary N) is 1. The molecule has 3 heteroatoms. The molecule has 0 aliphatic rings. The van der Waals surface area contributed by atoms with E-state index in [0.29, 0.717) is 6.61 Å². The van der Waals surface area contributed by atoms with Crippen molar-refractivity contribution in [2.75, 3.05) is 20.3 Å². The van der Waals surface area contributed by atoms with E-state index in [-0.39, 0.29) is 0 Å². The van der Waals surface area contributed by atoms with Crippen molar-refractivity contribution in [2.45, 2.75) is 32.7 Å². The summed E-state index contributed by atoms with van der Waals surface area (Å²) in [5.74, 6) is 1.59. The van der Waals surface area contributed by atoms with Gasteiger partial charge in [0.1, 0.15) is 6.61 Å². The number of ether oxygens (including phenoxy) is 2. The van der Waals surface area contributed by atoms with Crippen LogP contribution in [0.1, 0.15) is 31.7 Å². The fourth-order valence-corrected chi connectivity index (χ4v) is 1.89. The lowest BCUT2D eigenvalue weighted by Gasteiger charge is -2.14. The molecular weight excluding hydrogens is 238 g/mol. The van der Waals surface area contributed by atoms with Crippen molar-refractivity contribution in [3.63, 3.8) is 0 Å². The highest BCUT2D eigenvalue weighted by molar-refractivity contribution is 5.46. The van der Waals surface area contributed by atoms with E-state index in [2.05, 4.69) is 24.9 Å². The molecule has 0 unspecified atom stereocenters. The van der Waals surface area contributed by atoms with Gasteiger partial charge in [0.25, 0.3) is 0 Å². The maximum Gasteiger partial charge on any atom is 0.166 e. The van der Waals surface area contributed by atoms with Gasteiger partial charge in [0.05, 0.1) is 7.11 Å². The Labute approximate surface area is 116 Å². The van der Waals surface area contributed by atoms with Gasteiger partial charge >= 0.3 is 0 Å². The lowest BCUT2D eigenvalue weighted by atomic mass is 10.1. The number of para-hydroxylation sites is 1. The van der Waals surface area contributed by atoms with Crippen molar-refractivity contribution >= 4 is 0 Å². The summed E-state index contributed by atoms with van der Waals surface area (Å²) in [5, 5.41) is 3.44. The Hall–Kier alpha value is -1.48.